The van der Waals surface area contributed by atoms with Crippen LogP contribution in [0.25, 0.3) is 11.3 Å². The number of imide groups is 1. The number of benzene rings is 1. The van der Waals surface area contributed by atoms with E-state index in [1.165, 1.54) is 4.88 Å². The van der Waals surface area contributed by atoms with E-state index in [2.05, 4.69) is 28.4 Å². The van der Waals surface area contributed by atoms with Gasteiger partial charge in [0, 0.05) is 54.5 Å². The van der Waals surface area contributed by atoms with Gasteiger partial charge in [-0.1, -0.05) is 24.6 Å². The number of carbonyl (C=O) groups excluding carboxylic acids is 4. The minimum absolute atomic E-state index is 0.00109. The number of halogens is 2. The second-order valence-electron chi connectivity index (χ2n) is 11.2. The first-order chi connectivity index (χ1) is 22.2. The minimum atomic E-state index is -2.71. The third-order valence-electron chi connectivity index (χ3n) is 8.03. The molecule has 0 radical (unpaired) electrons. The summed E-state index contributed by atoms with van der Waals surface area (Å²) in [5, 5.41) is 5.31. The Morgan fingerprint density at radius 2 is 1.76 bits per heavy atom. The topological polar surface area (TPSA) is 110 Å². The van der Waals surface area contributed by atoms with Gasteiger partial charge < -0.3 is 19.4 Å². The summed E-state index contributed by atoms with van der Waals surface area (Å²) < 4.78 is 35.2. The molecule has 2 atom stereocenters. The number of thiophene rings is 1. The number of amides is 3. The van der Waals surface area contributed by atoms with Crippen LogP contribution in [0, 0.1) is 0 Å². The van der Waals surface area contributed by atoms with Crippen molar-refractivity contribution in [1.29, 1.82) is 0 Å². The van der Waals surface area contributed by atoms with Crippen LogP contribution in [-0.4, -0.2) is 71.8 Å². The Labute approximate surface area is 270 Å². The van der Waals surface area contributed by atoms with Gasteiger partial charge in [0.1, 0.15) is 5.75 Å². The lowest BCUT2D eigenvalue weighted by Crippen LogP contribution is -2.32. The molecule has 46 heavy (non-hydrogen) atoms. The van der Waals surface area contributed by atoms with Crippen molar-refractivity contribution in [3.63, 3.8) is 0 Å². The lowest BCUT2D eigenvalue weighted by atomic mass is 10.1. The van der Waals surface area contributed by atoms with E-state index >= 15 is 0 Å². The zero-order chi connectivity index (χ0) is 32.6. The van der Waals surface area contributed by atoms with Crippen molar-refractivity contribution in [1.82, 2.24) is 19.8 Å². The highest BCUT2D eigenvalue weighted by molar-refractivity contribution is 7.10. The molecule has 2 aliphatic heterocycles. The number of rotatable bonds is 15. The molecule has 0 spiro atoms. The number of nitrogens with one attached hydrogen (secondary N) is 1. The molecule has 1 N–H and O–H groups in total. The van der Waals surface area contributed by atoms with Crippen molar-refractivity contribution in [3.05, 3.63) is 76.6 Å². The molecule has 2 unspecified atom stereocenters. The maximum Gasteiger partial charge on any atom is 0.677 e. The molecule has 1 aromatic carbocycles. The fourth-order valence-electron chi connectivity index (χ4n) is 5.54. The van der Waals surface area contributed by atoms with Gasteiger partial charge >= 0.3 is 13.4 Å². The Hall–Kier alpha value is -4.30. The number of aromatic nitrogens is 1. The smallest absolute Gasteiger partial charge is 0.484 e. The maximum atomic E-state index is 14.3. The molecule has 0 bridgehead atoms. The van der Waals surface area contributed by atoms with E-state index in [-0.39, 0.29) is 43.9 Å². The molecule has 3 aromatic rings. The predicted molar refractivity (Wildman–Crippen MR) is 169 cm³/mol. The van der Waals surface area contributed by atoms with Crippen molar-refractivity contribution >= 4 is 42.4 Å². The molecular weight excluding hydrogens is 617 g/mol. The van der Waals surface area contributed by atoms with Gasteiger partial charge in [-0.25, -0.2) is 4.79 Å². The van der Waals surface area contributed by atoms with Gasteiger partial charge in [0.05, 0.1) is 6.04 Å². The molecule has 0 saturated carbocycles. The number of hydroxylamine groups is 2. The Kier molecular flexibility index (Phi) is 11.0. The molecule has 14 heteroatoms. The van der Waals surface area contributed by atoms with Crippen molar-refractivity contribution in [2.75, 3.05) is 20.2 Å². The van der Waals surface area contributed by atoms with Crippen LogP contribution in [0.15, 0.2) is 66.1 Å². The Bertz CT molecular complexity index is 1550. The molecule has 2 aromatic heterocycles. The Morgan fingerprint density at radius 3 is 2.46 bits per heavy atom. The number of hydrogen-bond donors (Lipinski definition) is 1. The molecule has 0 aliphatic carbocycles. The monoisotopic (exact) mass is 652 g/mol. The number of hydrogen-bond acceptors (Lipinski definition) is 8. The Morgan fingerprint density at radius 1 is 1.00 bits per heavy atom. The molecule has 10 nitrogen and oxygen atoms in total. The first kappa shape index (κ1) is 33.1. The second kappa shape index (κ2) is 15.3. The molecular formula is C32H35BF2N4O6S. The van der Waals surface area contributed by atoms with Gasteiger partial charge in [0.2, 0.25) is 0 Å². The number of likely N-dealkylation sites (N-methyl/N-ethyl adjacent to an activating group) is 1. The fraction of sp³-hybridized carbons (Fsp3) is 0.375. The van der Waals surface area contributed by atoms with Gasteiger partial charge in [0.15, 0.2) is 6.61 Å². The largest absolute Gasteiger partial charge is 0.677 e. The van der Waals surface area contributed by atoms with Gasteiger partial charge in [-0.15, -0.1) is 16.4 Å². The zero-order valence-corrected chi connectivity index (χ0v) is 26.2. The average Bonchev–Trinajstić information content (AvgIpc) is 3.85. The van der Waals surface area contributed by atoms with Crippen LogP contribution in [0.3, 0.4) is 0 Å². The fourth-order valence-corrected chi connectivity index (χ4v) is 6.40. The Balaban J connectivity index is 1.03. The van der Waals surface area contributed by atoms with Crippen molar-refractivity contribution < 1.29 is 37.4 Å². The third-order valence-corrected chi connectivity index (χ3v) is 8.97. The highest BCUT2D eigenvalue weighted by Gasteiger charge is 2.33. The van der Waals surface area contributed by atoms with Crippen molar-refractivity contribution in [2.45, 2.75) is 57.0 Å². The normalized spacial score (nSPS) is 17.9. The lowest BCUT2D eigenvalue weighted by Gasteiger charge is -2.26. The van der Waals surface area contributed by atoms with E-state index in [4.69, 9.17) is 9.57 Å². The lowest BCUT2D eigenvalue weighted by molar-refractivity contribution is -0.197. The summed E-state index contributed by atoms with van der Waals surface area (Å²) >= 11 is 1.68. The SMILES string of the molecule is CN1C(Cc2ccc(-c3ccc(OCC(=O)NCCCCCC(=O)ON4C(=O)CCC4=O)cc3)n2B(F)F)C=CC1c1cccs1. The van der Waals surface area contributed by atoms with Gasteiger partial charge in [-0.3, -0.25) is 27.9 Å². The second-order valence-corrected chi connectivity index (χ2v) is 12.1. The standard InChI is InChI=1S/C32H35BF2N4O6S/c1-37-23(10-15-27(37)28-6-5-19-46-28)20-24-11-14-26(38(24)33(34)35)22-8-12-25(13-9-22)44-21-29(40)36-18-4-2-3-7-32(43)45-39-30(41)16-17-31(39)42/h5-6,8-15,19,23,27H,2-4,7,16-18,20-21H2,1H3,(H,36,40). The predicted octanol–water partition coefficient (Wildman–Crippen LogP) is 4.81. The van der Waals surface area contributed by atoms with Gasteiger partial charge in [0.25, 0.3) is 17.7 Å². The van der Waals surface area contributed by atoms with Crippen LogP contribution in [0.1, 0.15) is 55.1 Å². The van der Waals surface area contributed by atoms with E-state index in [1.807, 2.05) is 18.5 Å². The van der Waals surface area contributed by atoms with E-state index < -0.39 is 25.2 Å². The summed E-state index contributed by atoms with van der Waals surface area (Å²) in [6, 6.07) is 14.4. The van der Waals surface area contributed by atoms with Gasteiger partial charge in [-0.05, 0) is 73.3 Å². The average molecular weight is 653 g/mol. The van der Waals surface area contributed by atoms with Crippen LogP contribution in [0.4, 0.5) is 8.63 Å². The molecule has 4 heterocycles. The van der Waals surface area contributed by atoms with Crippen LogP contribution >= 0.6 is 11.3 Å². The summed E-state index contributed by atoms with van der Waals surface area (Å²) in [6.07, 6.45) is 6.53. The van der Waals surface area contributed by atoms with Crippen molar-refractivity contribution in [3.8, 4) is 17.0 Å². The number of ether oxygens (including phenoxy) is 1. The first-order valence-corrected chi connectivity index (χ1v) is 16.1. The molecule has 1 fully saturated rings. The van der Waals surface area contributed by atoms with Gasteiger partial charge in [-0.2, -0.15) is 0 Å². The van der Waals surface area contributed by atoms with E-state index in [0.717, 1.165) is 4.48 Å². The minimum Gasteiger partial charge on any atom is -0.484 e. The van der Waals surface area contributed by atoms with E-state index in [1.54, 1.807) is 47.7 Å². The molecule has 5 rings (SSSR count). The highest BCUT2D eigenvalue weighted by Crippen LogP contribution is 2.34. The quantitative estimate of drug-likeness (QED) is 0.109. The summed E-state index contributed by atoms with van der Waals surface area (Å²) in [7, 11) is -0.692. The third kappa shape index (κ3) is 8.10. The van der Waals surface area contributed by atoms with E-state index in [9.17, 15) is 27.8 Å². The van der Waals surface area contributed by atoms with Crippen LogP contribution in [-0.2, 0) is 30.4 Å². The van der Waals surface area contributed by atoms with Crippen LogP contribution in [0.5, 0.6) is 5.75 Å². The zero-order valence-electron chi connectivity index (χ0n) is 25.4. The van der Waals surface area contributed by atoms with Crippen LogP contribution in [0.2, 0.25) is 0 Å². The highest BCUT2D eigenvalue weighted by atomic mass is 32.1. The van der Waals surface area contributed by atoms with E-state index in [0.29, 0.717) is 60.0 Å². The number of nitrogens with zero attached hydrogens (tertiary/aromatic N) is 3. The summed E-state index contributed by atoms with van der Waals surface area (Å²) in [6.45, 7) is 0.170. The number of carbonyl (C=O) groups is 4. The molecule has 2 aliphatic rings. The van der Waals surface area contributed by atoms with Crippen molar-refractivity contribution in [2.24, 2.45) is 0 Å². The first-order valence-electron chi connectivity index (χ1n) is 15.2. The summed E-state index contributed by atoms with van der Waals surface area (Å²) in [5.74, 6) is -1.57. The summed E-state index contributed by atoms with van der Waals surface area (Å²) in [4.78, 5) is 55.2. The number of unbranched alkanes of at least 4 members (excludes halogenated alkanes) is 2. The molecule has 242 valence electrons. The maximum absolute atomic E-state index is 14.3. The summed E-state index contributed by atoms with van der Waals surface area (Å²) in [5.41, 5.74) is 1.56. The van der Waals surface area contributed by atoms with Crippen LogP contribution < -0.4 is 10.1 Å². The molecule has 1 saturated heterocycles. The molecule has 3 amide bonds.